The average Bonchev–Trinajstić information content (AvgIpc) is 2.79. The van der Waals surface area contributed by atoms with Gasteiger partial charge in [-0.2, -0.15) is 0 Å². The Morgan fingerprint density at radius 2 is 1.65 bits per heavy atom. The molecule has 31 heavy (non-hydrogen) atoms. The molecular weight excluding hydrogens is 390 g/mol. The van der Waals surface area contributed by atoms with E-state index in [1.807, 2.05) is 37.3 Å². The largest absolute Gasteiger partial charge is 0.507 e. The number of phenols is 1. The molecule has 2 aromatic carbocycles. The van der Waals surface area contributed by atoms with Gasteiger partial charge in [0.2, 0.25) is 0 Å². The summed E-state index contributed by atoms with van der Waals surface area (Å²) < 4.78 is 11.2. The number of ether oxygens (including phenoxy) is 2. The summed E-state index contributed by atoms with van der Waals surface area (Å²) in [5.74, 6) is 3.59. The normalized spacial score (nSPS) is 11.9. The fourth-order valence-electron chi connectivity index (χ4n) is 3.37. The summed E-state index contributed by atoms with van der Waals surface area (Å²) in [6.45, 7) is 6.86. The van der Waals surface area contributed by atoms with E-state index in [1.165, 1.54) is 12.8 Å². The maximum absolute atomic E-state index is 10.6. The molecule has 164 valence electrons. The molecule has 0 saturated carbocycles. The number of nitrogens with zero attached hydrogens (tertiary/aromatic N) is 3. The first-order chi connectivity index (χ1) is 15.0. The number of unbranched alkanes of at least 4 members (excludes halogenated alkanes) is 1. The van der Waals surface area contributed by atoms with Gasteiger partial charge in [-0.25, -0.2) is 15.0 Å². The Balaban J connectivity index is 1.80. The van der Waals surface area contributed by atoms with Gasteiger partial charge in [0.1, 0.15) is 23.1 Å². The third-order valence-corrected chi connectivity index (χ3v) is 5.33. The van der Waals surface area contributed by atoms with Crippen LogP contribution in [-0.4, -0.2) is 33.8 Å². The number of rotatable bonds is 10. The topological polar surface area (TPSA) is 77.4 Å². The summed E-state index contributed by atoms with van der Waals surface area (Å²) in [5.41, 5.74) is 1.40. The van der Waals surface area contributed by atoms with E-state index >= 15 is 0 Å². The Morgan fingerprint density at radius 3 is 2.29 bits per heavy atom. The van der Waals surface area contributed by atoms with Crippen LogP contribution < -0.4 is 9.47 Å². The molecule has 0 aliphatic rings. The van der Waals surface area contributed by atoms with Crippen LogP contribution in [0.3, 0.4) is 0 Å². The minimum Gasteiger partial charge on any atom is -0.507 e. The summed E-state index contributed by atoms with van der Waals surface area (Å²) in [4.78, 5) is 13.5. The van der Waals surface area contributed by atoms with Crippen LogP contribution in [0, 0.1) is 12.8 Å². The van der Waals surface area contributed by atoms with Gasteiger partial charge in [0.15, 0.2) is 11.6 Å². The first kappa shape index (κ1) is 22.5. The van der Waals surface area contributed by atoms with Crippen LogP contribution in [0.2, 0.25) is 0 Å². The SMILES string of the molecule is CCCCC(CC)COc1ccc(-c2nc(C)nc(-c3ccc(OC)cc3)n2)c(O)c1. The zero-order chi connectivity index (χ0) is 22.2. The zero-order valence-corrected chi connectivity index (χ0v) is 18.8. The van der Waals surface area contributed by atoms with Gasteiger partial charge >= 0.3 is 0 Å². The van der Waals surface area contributed by atoms with E-state index in [0.29, 0.717) is 41.3 Å². The van der Waals surface area contributed by atoms with Crippen LogP contribution >= 0.6 is 0 Å². The first-order valence-corrected chi connectivity index (χ1v) is 10.9. The van der Waals surface area contributed by atoms with Crippen LogP contribution in [0.1, 0.15) is 45.4 Å². The van der Waals surface area contributed by atoms with E-state index in [-0.39, 0.29) is 5.75 Å². The molecule has 0 radical (unpaired) electrons. The predicted molar refractivity (Wildman–Crippen MR) is 122 cm³/mol. The molecular formula is C25H31N3O3. The zero-order valence-electron chi connectivity index (χ0n) is 18.8. The summed E-state index contributed by atoms with van der Waals surface area (Å²) >= 11 is 0. The van der Waals surface area contributed by atoms with Gasteiger partial charge in [0.05, 0.1) is 19.3 Å². The van der Waals surface area contributed by atoms with Crippen molar-refractivity contribution in [1.29, 1.82) is 0 Å². The minimum absolute atomic E-state index is 0.0883. The molecule has 3 aromatic rings. The van der Waals surface area contributed by atoms with Crippen molar-refractivity contribution in [2.75, 3.05) is 13.7 Å². The van der Waals surface area contributed by atoms with Crippen molar-refractivity contribution in [2.24, 2.45) is 5.92 Å². The van der Waals surface area contributed by atoms with Gasteiger partial charge in [-0.15, -0.1) is 0 Å². The number of benzene rings is 2. The molecule has 0 saturated heterocycles. The third-order valence-electron chi connectivity index (χ3n) is 5.33. The Labute approximate surface area is 184 Å². The van der Waals surface area contributed by atoms with Gasteiger partial charge in [0.25, 0.3) is 0 Å². The standard InChI is InChI=1S/C25H31N3O3/c1-5-7-8-18(6-2)16-31-21-13-14-22(23(29)15-21)25-27-17(3)26-24(28-25)19-9-11-20(30-4)12-10-19/h9-15,18,29H,5-8,16H2,1-4H3. The minimum atomic E-state index is 0.0883. The molecule has 0 fully saturated rings. The highest BCUT2D eigenvalue weighted by Crippen LogP contribution is 2.32. The van der Waals surface area contributed by atoms with Crippen LogP contribution in [-0.2, 0) is 0 Å². The molecule has 1 unspecified atom stereocenters. The smallest absolute Gasteiger partial charge is 0.167 e. The van der Waals surface area contributed by atoms with Crippen molar-refractivity contribution in [3.8, 4) is 40.0 Å². The third kappa shape index (κ3) is 5.94. The van der Waals surface area contributed by atoms with Gasteiger partial charge in [-0.3, -0.25) is 0 Å². The summed E-state index contributed by atoms with van der Waals surface area (Å²) in [6.07, 6.45) is 4.65. The summed E-state index contributed by atoms with van der Waals surface area (Å²) in [6, 6.07) is 12.8. The fraction of sp³-hybridized carbons (Fsp3) is 0.400. The number of hydrogen-bond donors (Lipinski definition) is 1. The van der Waals surface area contributed by atoms with Gasteiger partial charge in [-0.1, -0.05) is 33.1 Å². The predicted octanol–water partition coefficient (Wildman–Crippen LogP) is 5.82. The fourth-order valence-corrected chi connectivity index (χ4v) is 3.37. The Morgan fingerprint density at radius 1 is 0.935 bits per heavy atom. The molecule has 6 nitrogen and oxygen atoms in total. The van der Waals surface area contributed by atoms with Crippen molar-refractivity contribution >= 4 is 0 Å². The maximum Gasteiger partial charge on any atom is 0.167 e. The molecule has 0 aliphatic heterocycles. The lowest BCUT2D eigenvalue weighted by Gasteiger charge is -2.16. The first-order valence-electron chi connectivity index (χ1n) is 10.9. The van der Waals surface area contributed by atoms with E-state index in [0.717, 1.165) is 24.2 Å². The van der Waals surface area contributed by atoms with Crippen molar-refractivity contribution < 1.29 is 14.6 Å². The van der Waals surface area contributed by atoms with Crippen molar-refractivity contribution in [3.05, 3.63) is 48.3 Å². The Kier molecular flexibility index (Phi) is 7.82. The number of aromatic hydroxyl groups is 1. The van der Waals surface area contributed by atoms with E-state index in [2.05, 4.69) is 28.8 Å². The number of phenolic OH excluding ortho intramolecular Hbond substituents is 1. The quantitative estimate of drug-likeness (QED) is 0.444. The molecule has 1 atom stereocenters. The second kappa shape index (κ2) is 10.8. The number of aromatic nitrogens is 3. The lowest BCUT2D eigenvalue weighted by molar-refractivity contribution is 0.232. The number of hydrogen-bond acceptors (Lipinski definition) is 6. The molecule has 1 heterocycles. The molecule has 6 heteroatoms. The highest BCUT2D eigenvalue weighted by Gasteiger charge is 2.14. The monoisotopic (exact) mass is 421 g/mol. The van der Waals surface area contributed by atoms with Crippen LogP contribution in [0.15, 0.2) is 42.5 Å². The van der Waals surface area contributed by atoms with Crippen molar-refractivity contribution in [3.63, 3.8) is 0 Å². The van der Waals surface area contributed by atoms with Gasteiger partial charge in [0, 0.05) is 11.6 Å². The van der Waals surface area contributed by atoms with Gasteiger partial charge < -0.3 is 14.6 Å². The Bertz CT molecular complexity index is 990. The number of methoxy groups -OCH3 is 1. The van der Waals surface area contributed by atoms with Crippen LogP contribution in [0.4, 0.5) is 0 Å². The molecule has 1 aromatic heterocycles. The van der Waals surface area contributed by atoms with E-state index in [4.69, 9.17) is 9.47 Å². The average molecular weight is 422 g/mol. The molecule has 0 spiro atoms. The second-order valence-electron chi connectivity index (χ2n) is 7.66. The maximum atomic E-state index is 10.6. The van der Waals surface area contributed by atoms with E-state index in [1.54, 1.807) is 19.2 Å². The van der Waals surface area contributed by atoms with Crippen molar-refractivity contribution in [1.82, 2.24) is 15.0 Å². The lowest BCUT2D eigenvalue weighted by Crippen LogP contribution is -2.11. The molecule has 0 amide bonds. The van der Waals surface area contributed by atoms with E-state index in [9.17, 15) is 5.11 Å². The highest BCUT2D eigenvalue weighted by molar-refractivity contribution is 5.67. The van der Waals surface area contributed by atoms with Gasteiger partial charge in [-0.05, 0) is 55.7 Å². The van der Waals surface area contributed by atoms with Crippen LogP contribution in [0.5, 0.6) is 17.2 Å². The molecule has 3 rings (SSSR count). The molecule has 0 aliphatic carbocycles. The molecule has 0 bridgehead atoms. The summed E-state index contributed by atoms with van der Waals surface area (Å²) in [7, 11) is 1.63. The second-order valence-corrected chi connectivity index (χ2v) is 7.66. The Hall–Kier alpha value is -3.15. The summed E-state index contributed by atoms with van der Waals surface area (Å²) in [5, 5.41) is 10.6. The van der Waals surface area contributed by atoms with E-state index < -0.39 is 0 Å². The number of aryl methyl sites for hydroxylation is 1. The molecule has 1 N–H and O–H groups in total. The lowest BCUT2D eigenvalue weighted by atomic mass is 10.0. The van der Waals surface area contributed by atoms with Crippen molar-refractivity contribution in [2.45, 2.75) is 46.5 Å². The highest BCUT2D eigenvalue weighted by atomic mass is 16.5. The van der Waals surface area contributed by atoms with Crippen LogP contribution in [0.25, 0.3) is 22.8 Å².